The normalized spacial score (nSPS) is 16.5. The van der Waals surface area contributed by atoms with Crippen molar-refractivity contribution in [2.45, 2.75) is 6.92 Å². The summed E-state index contributed by atoms with van der Waals surface area (Å²) in [5, 5.41) is 20.5. The SMILES string of the molecule is CCN1C(=O)SC(=Cc2cc([N+](=O)[O-])cc(OC)c2O)C1=O. The maximum atomic E-state index is 12.0. The van der Waals surface area contributed by atoms with Crippen LogP contribution in [0, 0.1) is 10.1 Å². The van der Waals surface area contributed by atoms with Crippen molar-refractivity contribution >= 4 is 34.7 Å². The highest BCUT2D eigenvalue weighted by atomic mass is 32.2. The van der Waals surface area contributed by atoms with E-state index in [0.717, 1.165) is 17.0 Å². The summed E-state index contributed by atoms with van der Waals surface area (Å²) in [6, 6.07) is 2.18. The molecule has 22 heavy (non-hydrogen) atoms. The van der Waals surface area contributed by atoms with Crippen molar-refractivity contribution in [2.75, 3.05) is 13.7 Å². The molecule has 116 valence electrons. The summed E-state index contributed by atoms with van der Waals surface area (Å²) in [5.74, 6) is -0.922. The Labute approximate surface area is 129 Å². The molecule has 0 saturated carbocycles. The van der Waals surface area contributed by atoms with Crippen molar-refractivity contribution in [1.29, 1.82) is 0 Å². The number of carbonyl (C=O) groups is 2. The number of rotatable bonds is 4. The minimum absolute atomic E-state index is 0.0349. The third-order valence-electron chi connectivity index (χ3n) is 3.00. The Balaban J connectivity index is 2.51. The summed E-state index contributed by atoms with van der Waals surface area (Å²) in [7, 11) is 1.26. The van der Waals surface area contributed by atoms with Crippen LogP contribution in [0.3, 0.4) is 0 Å². The summed E-state index contributed by atoms with van der Waals surface area (Å²) < 4.78 is 4.88. The Morgan fingerprint density at radius 2 is 2.14 bits per heavy atom. The zero-order chi connectivity index (χ0) is 16.4. The molecule has 0 aliphatic carbocycles. The van der Waals surface area contributed by atoms with Crippen LogP contribution in [0.5, 0.6) is 11.5 Å². The number of methoxy groups -OCH3 is 1. The van der Waals surface area contributed by atoms with Crippen LogP contribution in [-0.2, 0) is 4.79 Å². The first-order valence-corrected chi connectivity index (χ1v) is 7.01. The summed E-state index contributed by atoms with van der Waals surface area (Å²) in [4.78, 5) is 35.0. The van der Waals surface area contributed by atoms with E-state index in [-0.39, 0.29) is 34.2 Å². The van der Waals surface area contributed by atoms with Crippen LogP contribution in [-0.4, -0.2) is 39.7 Å². The number of nitrogens with zero attached hydrogens (tertiary/aromatic N) is 2. The molecule has 1 N–H and O–H groups in total. The predicted octanol–water partition coefficient (Wildman–Crippen LogP) is 2.37. The van der Waals surface area contributed by atoms with Crippen LogP contribution in [0.4, 0.5) is 10.5 Å². The van der Waals surface area contributed by atoms with E-state index >= 15 is 0 Å². The number of likely N-dealkylation sites (N-methyl/N-ethyl adjacent to an activating group) is 1. The number of amides is 2. The summed E-state index contributed by atoms with van der Waals surface area (Å²) in [5.41, 5.74) is -0.261. The van der Waals surface area contributed by atoms with Gasteiger partial charge in [-0.15, -0.1) is 0 Å². The largest absolute Gasteiger partial charge is 0.504 e. The molecule has 0 radical (unpaired) electrons. The molecule has 1 saturated heterocycles. The van der Waals surface area contributed by atoms with E-state index in [1.165, 1.54) is 13.2 Å². The van der Waals surface area contributed by atoms with Gasteiger partial charge >= 0.3 is 0 Å². The predicted molar refractivity (Wildman–Crippen MR) is 79.7 cm³/mol. The topological polar surface area (TPSA) is 110 Å². The quantitative estimate of drug-likeness (QED) is 0.514. The van der Waals surface area contributed by atoms with Crippen LogP contribution >= 0.6 is 11.8 Å². The van der Waals surface area contributed by atoms with Crippen molar-refractivity contribution in [2.24, 2.45) is 0 Å². The third-order valence-corrected chi connectivity index (χ3v) is 3.90. The molecule has 1 aromatic rings. The van der Waals surface area contributed by atoms with E-state index in [9.17, 15) is 24.8 Å². The van der Waals surface area contributed by atoms with Crippen molar-refractivity contribution in [3.05, 3.63) is 32.7 Å². The summed E-state index contributed by atoms with van der Waals surface area (Å²) >= 11 is 0.714. The maximum Gasteiger partial charge on any atom is 0.293 e. The Kier molecular flexibility index (Phi) is 4.36. The van der Waals surface area contributed by atoms with E-state index in [2.05, 4.69) is 0 Å². The fraction of sp³-hybridized carbons (Fsp3) is 0.231. The lowest BCUT2D eigenvalue weighted by Crippen LogP contribution is -2.27. The second kappa shape index (κ2) is 6.06. The van der Waals surface area contributed by atoms with Gasteiger partial charge in [0.05, 0.1) is 23.0 Å². The minimum Gasteiger partial charge on any atom is -0.504 e. The van der Waals surface area contributed by atoms with Gasteiger partial charge in [-0.1, -0.05) is 0 Å². The Hall–Kier alpha value is -2.55. The second-order valence-electron chi connectivity index (χ2n) is 4.27. The second-order valence-corrected chi connectivity index (χ2v) is 5.26. The third kappa shape index (κ3) is 2.75. The lowest BCUT2D eigenvalue weighted by molar-refractivity contribution is -0.385. The molecule has 0 bridgehead atoms. The molecule has 0 atom stereocenters. The molecular weight excluding hydrogens is 312 g/mol. The van der Waals surface area contributed by atoms with Crippen LogP contribution in [0.1, 0.15) is 12.5 Å². The number of hydrogen-bond acceptors (Lipinski definition) is 7. The fourth-order valence-corrected chi connectivity index (χ4v) is 2.79. The molecule has 9 heteroatoms. The zero-order valence-electron chi connectivity index (χ0n) is 11.7. The van der Waals surface area contributed by atoms with Crippen molar-refractivity contribution in [3.63, 3.8) is 0 Å². The van der Waals surface area contributed by atoms with Crippen LogP contribution in [0.25, 0.3) is 6.08 Å². The molecule has 1 aliphatic heterocycles. The van der Waals surface area contributed by atoms with Gasteiger partial charge in [-0.05, 0) is 24.8 Å². The maximum absolute atomic E-state index is 12.0. The summed E-state index contributed by atoms with van der Waals surface area (Å²) in [6.45, 7) is 1.89. The summed E-state index contributed by atoms with van der Waals surface area (Å²) in [6.07, 6.45) is 1.24. The number of ether oxygens (including phenoxy) is 1. The van der Waals surface area contributed by atoms with Crippen molar-refractivity contribution in [3.8, 4) is 11.5 Å². The lowest BCUT2D eigenvalue weighted by Gasteiger charge is -2.08. The number of benzene rings is 1. The van der Waals surface area contributed by atoms with Gasteiger partial charge in [0.15, 0.2) is 11.5 Å². The van der Waals surface area contributed by atoms with Gasteiger partial charge in [0.2, 0.25) is 0 Å². The average molecular weight is 324 g/mol. The Morgan fingerprint density at radius 3 is 2.64 bits per heavy atom. The molecule has 0 unspecified atom stereocenters. The highest BCUT2D eigenvalue weighted by Gasteiger charge is 2.34. The number of nitro benzene ring substituents is 1. The number of carbonyl (C=O) groups excluding carboxylic acids is 2. The van der Waals surface area contributed by atoms with Crippen molar-refractivity contribution in [1.82, 2.24) is 4.90 Å². The molecule has 1 aliphatic rings. The number of phenols is 1. The standard InChI is InChI=1S/C13H12N2O6S/c1-3-14-12(17)10(22-13(14)18)5-7-4-8(15(19)20)6-9(21-2)11(7)16/h4-6,16H,3H2,1-2H3. The first-order valence-electron chi connectivity index (χ1n) is 6.19. The van der Waals surface area contributed by atoms with Gasteiger partial charge in [0.25, 0.3) is 16.8 Å². The molecule has 8 nitrogen and oxygen atoms in total. The van der Waals surface area contributed by atoms with E-state index in [0.29, 0.717) is 11.8 Å². The molecule has 1 aromatic carbocycles. The van der Waals surface area contributed by atoms with Crippen LogP contribution in [0.2, 0.25) is 0 Å². The van der Waals surface area contributed by atoms with Gasteiger partial charge in [-0.2, -0.15) is 0 Å². The van der Waals surface area contributed by atoms with Gasteiger partial charge in [0.1, 0.15) is 0 Å². The van der Waals surface area contributed by atoms with E-state index in [1.54, 1.807) is 6.92 Å². The molecule has 1 fully saturated rings. The van der Waals surface area contributed by atoms with Gasteiger partial charge < -0.3 is 9.84 Å². The van der Waals surface area contributed by atoms with Gasteiger partial charge in [-0.3, -0.25) is 24.6 Å². The Morgan fingerprint density at radius 1 is 1.45 bits per heavy atom. The zero-order valence-corrected chi connectivity index (χ0v) is 12.5. The number of aromatic hydroxyl groups is 1. The molecule has 2 rings (SSSR count). The van der Waals surface area contributed by atoms with Gasteiger partial charge in [0, 0.05) is 18.2 Å². The van der Waals surface area contributed by atoms with Gasteiger partial charge in [-0.25, -0.2) is 0 Å². The first kappa shape index (κ1) is 15.8. The highest BCUT2D eigenvalue weighted by molar-refractivity contribution is 8.18. The molecular formula is C13H12N2O6S. The highest BCUT2D eigenvalue weighted by Crippen LogP contribution is 2.38. The first-order chi connectivity index (χ1) is 10.4. The molecule has 0 spiro atoms. The number of hydrogen-bond donors (Lipinski definition) is 1. The lowest BCUT2D eigenvalue weighted by atomic mass is 10.1. The van der Waals surface area contributed by atoms with Crippen molar-refractivity contribution < 1.29 is 24.4 Å². The van der Waals surface area contributed by atoms with Crippen LogP contribution < -0.4 is 4.74 Å². The number of thioether (sulfide) groups is 1. The number of non-ortho nitro benzene ring substituents is 1. The monoisotopic (exact) mass is 324 g/mol. The van der Waals surface area contributed by atoms with E-state index in [4.69, 9.17) is 4.74 Å². The number of phenolic OH excluding ortho intramolecular Hbond substituents is 1. The smallest absolute Gasteiger partial charge is 0.293 e. The van der Waals surface area contributed by atoms with Crippen LogP contribution in [0.15, 0.2) is 17.0 Å². The Bertz CT molecular complexity index is 700. The fourth-order valence-electron chi connectivity index (χ4n) is 1.90. The number of nitro groups is 1. The molecule has 1 heterocycles. The average Bonchev–Trinajstić information content (AvgIpc) is 2.74. The minimum atomic E-state index is -0.642. The van der Waals surface area contributed by atoms with E-state index < -0.39 is 16.1 Å². The number of imide groups is 1. The molecule has 2 amide bonds. The molecule has 0 aromatic heterocycles. The van der Waals surface area contributed by atoms with E-state index in [1.807, 2.05) is 0 Å².